The Hall–Kier alpha value is -0.160. The van der Waals surface area contributed by atoms with Crippen LogP contribution >= 0.6 is 0 Å². The number of hydrogen-bond donors (Lipinski definition) is 1. The predicted octanol–water partition coefficient (Wildman–Crippen LogP) is 4.04. The zero-order valence-electron chi connectivity index (χ0n) is 17.8. The van der Waals surface area contributed by atoms with Crippen LogP contribution in [0.2, 0.25) is 0 Å². The van der Waals surface area contributed by atoms with Crippen LogP contribution in [-0.4, -0.2) is 41.9 Å². The van der Waals surface area contributed by atoms with Crippen molar-refractivity contribution in [2.75, 3.05) is 13.2 Å². The third-order valence-corrected chi connectivity index (χ3v) is 11.1. The second kappa shape index (κ2) is 4.69. The summed E-state index contributed by atoms with van der Waals surface area (Å²) in [6, 6.07) is 0. The van der Waals surface area contributed by atoms with Gasteiger partial charge in [0.2, 0.25) is 0 Å². The first-order valence-electron chi connectivity index (χ1n) is 11.8. The van der Waals surface area contributed by atoms with Crippen molar-refractivity contribution in [1.82, 2.24) is 0 Å². The van der Waals surface area contributed by atoms with E-state index in [1.165, 1.54) is 32.1 Å². The second-order valence-electron chi connectivity index (χ2n) is 12.8. The maximum Gasteiger partial charge on any atom is 0.171 e. The summed E-state index contributed by atoms with van der Waals surface area (Å²) in [6.07, 6.45) is 10.7. The first-order chi connectivity index (χ1) is 13.2. The van der Waals surface area contributed by atoms with Gasteiger partial charge in [-0.25, -0.2) is 0 Å². The summed E-state index contributed by atoms with van der Waals surface area (Å²) in [4.78, 5) is 0. The zero-order chi connectivity index (χ0) is 19.2. The topological polar surface area (TPSA) is 47.9 Å². The van der Waals surface area contributed by atoms with Gasteiger partial charge in [-0.05, 0) is 62.2 Å². The lowest BCUT2D eigenvalue weighted by atomic mass is 9.49. The summed E-state index contributed by atoms with van der Waals surface area (Å²) >= 11 is 0. The molecule has 1 N–H and O–H groups in total. The maximum atomic E-state index is 12.1. The van der Waals surface area contributed by atoms with Crippen molar-refractivity contribution < 1.29 is 19.3 Å². The van der Waals surface area contributed by atoms with Gasteiger partial charge < -0.3 is 19.3 Å². The van der Waals surface area contributed by atoms with Crippen LogP contribution in [0.15, 0.2) is 0 Å². The molecule has 5 aliphatic carbocycles. The molecule has 0 radical (unpaired) electrons. The van der Waals surface area contributed by atoms with E-state index >= 15 is 0 Å². The second-order valence-corrected chi connectivity index (χ2v) is 12.8. The molecular weight excluding hydrogens is 352 g/mol. The molecule has 8 atom stereocenters. The van der Waals surface area contributed by atoms with Gasteiger partial charge >= 0.3 is 0 Å². The summed E-state index contributed by atoms with van der Waals surface area (Å²) < 4.78 is 19.5. The molecule has 4 nitrogen and oxygen atoms in total. The molecule has 7 aliphatic rings. The highest BCUT2D eigenvalue weighted by atomic mass is 16.7. The highest BCUT2D eigenvalue weighted by molar-refractivity contribution is 5.35. The highest BCUT2D eigenvalue weighted by Crippen LogP contribution is 2.88. The van der Waals surface area contributed by atoms with Gasteiger partial charge in [0, 0.05) is 29.1 Å². The molecule has 0 aromatic rings. The number of fused-ring (bicyclic) bond motifs is 2. The molecule has 7 fully saturated rings. The van der Waals surface area contributed by atoms with Gasteiger partial charge in [-0.15, -0.1) is 0 Å². The van der Waals surface area contributed by atoms with Crippen LogP contribution in [0.25, 0.3) is 0 Å². The molecule has 2 bridgehead atoms. The van der Waals surface area contributed by atoms with Crippen LogP contribution in [0.1, 0.15) is 78.6 Å². The molecule has 2 heterocycles. The molecule has 0 amide bonds. The van der Waals surface area contributed by atoms with E-state index in [0.717, 1.165) is 44.3 Å². The third-order valence-electron chi connectivity index (χ3n) is 11.1. The third kappa shape index (κ3) is 1.70. The Morgan fingerprint density at radius 2 is 1.61 bits per heavy atom. The van der Waals surface area contributed by atoms with Crippen molar-refractivity contribution in [2.45, 2.75) is 102 Å². The molecule has 2 aliphatic heterocycles. The molecule has 156 valence electrons. The Morgan fingerprint density at radius 3 is 2.39 bits per heavy atom. The number of ether oxygens (including phenoxy) is 3. The van der Waals surface area contributed by atoms with Gasteiger partial charge in [0.15, 0.2) is 5.79 Å². The van der Waals surface area contributed by atoms with E-state index in [2.05, 4.69) is 20.8 Å². The van der Waals surface area contributed by atoms with E-state index in [1.54, 1.807) is 0 Å². The summed E-state index contributed by atoms with van der Waals surface area (Å²) in [6.45, 7) is 8.38. The quantitative estimate of drug-likeness (QED) is 0.680. The monoisotopic (exact) mass is 388 g/mol. The van der Waals surface area contributed by atoms with E-state index in [-0.39, 0.29) is 16.2 Å². The van der Waals surface area contributed by atoms with Crippen LogP contribution in [-0.2, 0) is 14.2 Å². The zero-order valence-corrected chi connectivity index (χ0v) is 17.8. The molecule has 3 spiro atoms. The fourth-order valence-electron chi connectivity index (χ4n) is 9.73. The first kappa shape index (κ1) is 17.5. The fraction of sp³-hybridized carbons (Fsp3) is 1.00. The molecule has 28 heavy (non-hydrogen) atoms. The van der Waals surface area contributed by atoms with E-state index in [0.29, 0.717) is 24.0 Å². The van der Waals surface area contributed by atoms with E-state index < -0.39 is 11.4 Å². The van der Waals surface area contributed by atoms with Crippen molar-refractivity contribution in [1.29, 1.82) is 0 Å². The number of aliphatic hydroxyl groups is 1. The Kier molecular flexibility index (Phi) is 2.93. The first-order valence-corrected chi connectivity index (χ1v) is 11.8. The molecule has 0 aromatic heterocycles. The fourth-order valence-corrected chi connectivity index (χ4v) is 9.73. The van der Waals surface area contributed by atoms with Crippen molar-refractivity contribution in [2.24, 2.45) is 33.5 Å². The molecular formula is C24H36O4. The van der Waals surface area contributed by atoms with E-state index in [4.69, 9.17) is 14.2 Å². The summed E-state index contributed by atoms with van der Waals surface area (Å²) in [5.74, 6) is 1.04. The molecule has 5 saturated carbocycles. The van der Waals surface area contributed by atoms with Crippen molar-refractivity contribution >= 4 is 0 Å². The lowest BCUT2D eigenvalue weighted by molar-refractivity contribution is -0.344. The Morgan fingerprint density at radius 1 is 0.821 bits per heavy atom. The standard InChI is InChI=1S/C24H36O4/c1-19(2)13-26-23(27-14-19)9-8-21-11-24(21)16(6-7-22(21,25)12-23)15-4-5-17-20(15,3)10-18(24)28-17/h15-18,25H,4-14H2,1-3H3/t15-,16-,17+,18-,20+,21+,22+,24-/m0/s1. The van der Waals surface area contributed by atoms with E-state index in [9.17, 15) is 5.11 Å². The minimum absolute atomic E-state index is 0.0598. The molecule has 0 aromatic carbocycles. The van der Waals surface area contributed by atoms with Gasteiger partial charge in [-0.1, -0.05) is 20.8 Å². The van der Waals surface area contributed by atoms with Gasteiger partial charge in [-0.2, -0.15) is 0 Å². The lowest BCUT2D eigenvalue weighted by Crippen LogP contribution is -2.63. The van der Waals surface area contributed by atoms with Crippen LogP contribution < -0.4 is 0 Å². The van der Waals surface area contributed by atoms with Crippen LogP contribution in [0.3, 0.4) is 0 Å². The van der Waals surface area contributed by atoms with Gasteiger partial charge in [-0.3, -0.25) is 0 Å². The molecule has 7 rings (SSSR count). The SMILES string of the molecule is CC1(C)COC2(CC[C@]34C[C@]35[C@@H]3C[C@@]6(C)[C@@H](CC[C@H]6[C@@H]5CC[C@@]4(O)C2)O3)OC1. The van der Waals surface area contributed by atoms with Crippen molar-refractivity contribution in [3.8, 4) is 0 Å². The number of hydrogen-bond acceptors (Lipinski definition) is 4. The smallest absolute Gasteiger partial charge is 0.171 e. The maximum absolute atomic E-state index is 12.1. The Bertz CT molecular complexity index is 739. The minimum Gasteiger partial charge on any atom is -0.389 e. The van der Waals surface area contributed by atoms with E-state index in [1.807, 2.05) is 0 Å². The van der Waals surface area contributed by atoms with Gasteiger partial charge in [0.25, 0.3) is 0 Å². The normalized spacial score (nSPS) is 62.1. The lowest BCUT2D eigenvalue weighted by Gasteiger charge is -2.60. The average molecular weight is 389 g/mol. The number of rotatable bonds is 0. The summed E-state index contributed by atoms with van der Waals surface area (Å²) in [5, 5.41) is 12.1. The predicted molar refractivity (Wildman–Crippen MR) is 104 cm³/mol. The van der Waals surface area contributed by atoms with Gasteiger partial charge in [0.1, 0.15) is 0 Å². The Balaban J connectivity index is 1.24. The summed E-state index contributed by atoms with van der Waals surface area (Å²) in [5.41, 5.74) is 0.157. The van der Waals surface area contributed by atoms with Gasteiger partial charge in [0.05, 0.1) is 31.0 Å². The molecule has 2 saturated heterocycles. The minimum atomic E-state index is -0.637. The summed E-state index contributed by atoms with van der Waals surface area (Å²) in [7, 11) is 0. The highest BCUT2D eigenvalue weighted by Gasteiger charge is 2.88. The largest absolute Gasteiger partial charge is 0.389 e. The van der Waals surface area contributed by atoms with Crippen molar-refractivity contribution in [3.05, 3.63) is 0 Å². The van der Waals surface area contributed by atoms with Crippen LogP contribution in [0, 0.1) is 33.5 Å². The van der Waals surface area contributed by atoms with Crippen LogP contribution in [0.5, 0.6) is 0 Å². The molecule has 0 unspecified atom stereocenters. The van der Waals surface area contributed by atoms with Crippen molar-refractivity contribution in [3.63, 3.8) is 0 Å². The molecule has 4 heteroatoms. The van der Waals surface area contributed by atoms with Crippen LogP contribution in [0.4, 0.5) is 0 Å². The average Bonchev–Trinajstić information content (AvgIpc) is 3.09. The Labute approximate surface area is 168 Å².